The number of hydrogen-bond donors (Lipinski definition) is 1. The predicted molar refractivity (Wildman–Crippen MR) is 85.0 cm³/mol. The molecule has 20 heavy (non-hydrogen) atoms. The van der Waals surface area contributed by atoms with Crippen LogP contribution < -0.4 is 0 Å². The summed E-state index contributed by atoms with van der Waals surface area (Å²) in [4.78, 5) is 10.4. The molecular weight excluding hydrogens is 258 g/mol. The Bertz CT molecular complexity index is 230. The number of carboxylic acid groups (broad SMARTS) is 1. The van der Waals surface area contributed by atoms with Gasteiger partial charge in [0.15, 0.2) is 0 Å². The molecule has 0 aromatic carbocycles. The van der Waals surface area contributed by atoms with Crippen molar-refractivity contribution in [3.8, 4) is 0 Å². The third kappa shape index (κ3) is 10.3. The second kappa shape index (κ2) is 12.2. The number of aliphatic carboxylic acids is 1. The van der Waals surface area contributed by atoms with Crippen LogP contribution in [-0.4, -0.2) is 11.1 Å². The van der Waals surface area contributed by atoms with Crippen LogP contribution in [0.1, 0.15) is 103 Å². The molecule has 1 aliphatic carbocycles. The second-order valence-electron chi connectivity index (χ2n) is 6.62. The molecule has 0 radical (unpaired) electrons. The van der Waals surface area contributed by atoms with Crippen LogP contribution in [-0.2, 0) is 4.79 Å². The van der Waals surface area contributed by atoms with Crippen molar-refractivity contribution in [3.05, 3.63) is 0 Å². The first-order valence-electron chi connectivity index (χ1n) is 9.01. The fourth-order valence-corrected chi connectivity index (χ4v) is 3.42. The first-order chi connectivity index (χ1) is 9.79. The highest BCUT2D eigenvalue weighted by Gasteiger charge is 2.11. The van der Waals surface area contributed by atoms with E-state index in [1.165, 1.54) is 83.5 Å². The van der Waals surface area contributed by atoms with Gasteiger partial charge >= 0.3 is 5.97 Å². The van der Waals surface area contributed by atoms with Gasteiger partial charge in [-0.3, -0.25) is 4.79 Å². The first-order valence-corrected chi connectivity index (χ1v) is 9.01. The summed E-state index contributed by atoms with van der Waals surface area (Å²) in [6, 6.07) is 0. The largest absolute Gasteiger partial charge is 0.481 e. The monoisotopic (exact) mass is 292 g/mol. The Morgan fingerprint density at radius 2 is 1.25 bits per heavy atom. The molecule has 0 spiro atoms. The summed E-state index contributed by atoms with van der Waals surface area (Å²) in [5.41, 5.74) is 0. The molecule has 0 saturated heterocycles. The van der Waals surface area contributed by atoms with Crippen molar-refractivity contribution < 1.29 is 9.90 Å². The van der Waals surface area contributed by atoms with Crippen molar-refractivity contribution in [2.75, 3.05) is 0 Å². The van der Waals surface area contributed by atoms with E-state index in [9.17, 15) is 4.79 Å². The summed E-state index contributed by atoms with van der Waals surface area (Å²) < 4.78 is 0. The highest BCUT2D eigenvalue weighted by molar-refractivity contribution is 5.66. The van der Waals surface area contributed by atoms with Crippen molar-refractivity contribution in [2.45, 2.75) is 103 Å². The summed E-state index contributed by atoms with van der Waals surface area (Å²) in [6.45, 7) is 0. The molecule has 1 N–H and O–H groups in total. The molecule has 1 saturated carbocycles. The van der Waals surface area contributed by atoms with Crippen molar-refractivity contribution in [1.82, 2.24) is 0 Å². The Balaban J connectivity index is 1.79. The van der Waals surface area contributed by atoms with Crippen molar-refractivity contribution in [1.29, 1.82) is 0 Å². The summed E-state index contributed by atoms with van der Waals surface area (Å²) in [5.74, 6) is 0.386. The van der Waals surface area contributed by atoms with Crippen LogP contribution in [0.4, 0.5) is 0 Å². The molecule has 0 unspecified atom stereocenters. The highest BCUT2D eigenvalue weighted by Crippen LogP contribution is 2.27. The second-order valence-corrected chi connectivity index (χ2v) is 6.62. The first kappa shape index (κ1) is 17.5. The Morgan fingerprint density at radius 1 is 0.750 bits per heavy atom. The SMILES string of the molecule is O=[13C](O)[13CH2][13CH2][13CH2][13CH2][13CH2][13CH2][13CH2][13CH2][13CH2]CC1CCCCCC1. The van der Waals surface area contributed by atoms with Crippen LogP contribution in [0.15, 0.2) is 0 Å². The topological polar surface area (TPSA) is 37.3 Å². The molecule has 0 bridgehead atoms. The number of unbranched alkanes of at least 4 members (excludes halogenated alkanes) is 7. The molecule has 0 atom stereocenters. The quantitative estimate of drug-likeness (QED) is 0.290. The van der Waals surface area contributed by atoms with Crippen LogP contribution in [0.2, 0.25) is 0 Å². The molecule has 1 aliphatic rings. The van der Waals surface area contributed by atoms with Crippen LogP contribution in [0.5, 0.6) is 0 Å². The molecule has 1 rings (SSSR count). The van der Waals surface area contributed by atoms with Gasteiger partial charge in [-0.1, -0.05) is 89.9 Å². The molecule has 0 amide bonds. The minimum atomic E-state index is -0.650. The Morgan fingerprint density at radius 3 is 1.80 bits per heavy atom. The van der Waals surface area contributed by atoms with E-state index in [0.29, 0.717) is 6.42 Å². The normalized spacial score (nSPS) is 17.0. The summed E-state index contributed by atoms with van der Waals surface area (Å²) >= 11 is 0. The fourth-order valence-electron chi connectivity index (χ4n) is 3.42. The van der Waals surface area contributed by atoms with Crippen molar-refractivity contribution in [3.63, 3.8) is 0 Å². The maximum absolute atomic E-state index is 10.4. The van der Waals surface area contributed by atoms with E-state index < -0.39 is 5.97 Å². The zero-order chi connectivity index (χ0) is 14.5. The van der Waals surface area contributed by atoms with Crippen LogP contribution >= 0.6 is 0 Å². The third-order valence-corrected chi connectivity index (χ3v) is 4.73. The van der Waals surface area contributed by atoms with E-state index in [1.807, 2.05) is 0 Å². The third-order valence-electron chi connectivity index (χ3n) is 4.73. The summed E-state index contributed by atoms with van der Waals surface area (Å²) in [6.07, 6.45) is 20.7. The molecule has 0 aliphatic heterocycles. The van der Waals surface area contributed by atoms with Crippen molar-refractivity contribution in [2.24, 2.45) is 5.92 Å². The average molecular weight is 292 g/mol. The Labute approximate surface area is 125 Å². The summed E-state index contributed by atoms with van der Waals surface area (Å²) in [7, 11) is 0. The lowest BCUT2D eigenvalue weighted by atomic mass is 10.00. The lowest BCUT2D eigenvalue weighted by Crippen LogP contribution is -1.98. The molecule has 0 aromatic rings. The van der Waals surface area contributed by atoms with E-state index in [2.05, 4.69) is 0 Å². The molecule has 1 fully saturated rings. The smallest absolute Gasteiger partial charge is 0.303 e. The zero-order valence-electron chi connectivity index (χ0n) is 13.2. The van der Waals surface area contributed by atoms with Crippen LogP contribution in [0.25, 0.3) is 0 Å². The van der Waals surface area contributed by atoms with E-state index in [4.69, 9.17) is 5.11 Å². The molecule has 118 valence electrons. The number of carbonyl (C=O) groups is 1. The van der Waals surface area contributed by atoms with Gasteiger partial charge in [0.25, 0.3) is 0 Å². The molecular formula is C18H34O2. The minimum Gasteiger partial charge on any atom is -0.481 e. The number of carboxylic acids is 1. The molecule has 2 nitrogen and oxygen atoms in total. The van der Waals surface area contributed by atoms with Gasteiger partial charge in [-0.05, 0) is 12.3 Å². The van der Waals surface area contributed by atoms with Crippen molar-refractivity contribution >= 4 is 5.97 Å². The predicted octanol–water partition coefficient (Wildman–Crippen LogP) is 5.94. The zero-order valence-corrected chi connectivity index (χ0v) is 13.2. The summed E-state index contributed by atoms with van der Waals surface area (Å²) in [5, 5.41) is 8.54. The standard InChI is InChI=1S/C18H34O2/c19-18(20)16-12-6-4-2-1-3-5-9-13-17-14-10-7-8-11-15-17/h17H,1-16H2,(H,19,20)/i1+1,2+1,3+1,4+1,5+1,6+1,9+1,12+1,16+1,18+1. The van der Waals surface area contributed by atoms with Gasteiger partial charge in [0.2, 0.25) is 0 Å². The molecule has 0 heterocycles. The number of hydrogen-bond acceptors (Lipinski definition) is 1. The average Bonchev–Trinajstić information content (AvgIpc) is 2.69. The van der Waals surface area contributed by atoms with Gasteiger partial charge in [0.05, 0.1) is 0 Å². The molecule has 2 heteroatoms. The van der Waals surface area contributed by atoms with Gasteiger partial charge in [0.1, 0.15) is 0 Å². The van der Waals surface area contributed by atoms with E-state index in [0.717, 1.165) is 18.8 Å². The van der Waals surface area contributed by atoms with E-state index in [-0.39, 0.29) is 0 Å². The lowest BCUT2D eigenvalue weighted by molar-refractivity contribution is -0.137. The Hall–Kier alpha value is -0.530. The molecule has 0 aromatic heterocycles. The van der Waals surface area contributed by atoms with Gasteiger partial charge in [0, 0.05) is 6.42 Å². The van der Waals surface area contributed by atoms with Gasteiger partial charge in [-0.2, -0.15) is 0 Å². The highest BCUT2D eigenvalue weighted by atomic mass is 16.5. The maximum atomic E-state index is 10.4. The van der Waals surface area contributed by atoms with Gasteiger partial charge in [-0.15, -0.1) is 0 Å². The fraction of sp³-hybridized carbons (Fsp3) is 0.944. The lowest BCUT2D eigenvalue weighted by Gasteiger charge is -2.13. The van der Waals surface area contributed by atoms with Gasteiger partial charge in [-0.25, -0.2) is 0 Å². The maximum Gasteiger partial charge on any atom is 0.303 e. The van der Waals surface area contributed by atoms with E-state index >= 15 is 0 Å². The Kier molecular flexibility index (Phi) is 10.7. The van der Waals surface area contributed by atoms with Gasteiger partial charge < -0.3 is 5.11 Å². The minimum absolute atomic E-state index is 0.349. The van der Waals surface area contributed by atoms with Crippen LogP contribution in [0, 0.1) is 5.92 Å². The van der Waals surface area contributed by atoms with Crippen LogP contribution in [0.3, 0.4) is 0 Å². The number of rotatable bonds is 11. The van der Waals surface area contributed by atoms with E-state index in [1.54, 1.807) is 0 Å².